The minimum atomic E-state index is 0.524. The first-order valence-electron chi connectivity index (χ1n) is 7.10. The minimum absolute atomic E-state index is 0.524. The van der Waals surface area contributed by atoms with Gasteiger partial charge in [-0.1, -0.05) is 43.6 Å². The number of hydrogen-bond acceptors (Lipinski definition) is 3. The van der Waals surface area contributed by atoms with Crippen LogP contribution in [0, 0.1) is 6.92 Å². The van der Waals surface area contributed by atoms with Crippen LogP contribution in [0.25, 0.3) is 0 Å². The first-order valence-corrected chi connectivity index (χ1v) is 7.48. The van der Waals surface area contributed by atoms with Crippen LogP contribution in [0.3, 0.4) is 0 Å². The average molecular weight is 290 g/mol. The maximum Gasteiger partial charge on any atom is 0.227 e. The Bertz CT molecular complexity index is 565. The van der Waals surface area contributed by atoms with Gasteiger partial charge in [0.15, 0.2) is 0 Å². The molecule has 0 aliphatic heterocycles. The van der Waals surface area contributed by atoms with Gasteiger partial charge in [0.2, 0.25) is 5.95 Å². The van der Waals surface area contributed by atoms with Gasteiger partial charge < -0.3 is 5.32 Å². The van der Waals surface area contributed by atoms with Gasteiger partial charge in [0.1, 0.15) is 0 Å². The number of rotatable bonds is 3. The molecule has 0 radical (unpaired) electrons. The van der Waals surface area contributed by atoms with Gasteiger partial charge in [-0.3, -0.25) is 0 Å². The second-order valence-corrected chi connectivity index (χ2v) is 4.98. The summed E-state index contributed by atoms with van der Waals surface area (Å²) in [6.07, 6.45) is 2.36. The Hall–Kier alpha value is -1.61. The van der Waals surface area contributed by atoms with E-state index < -0.39 is 0 Å². The molecule has 1 saturated carbocycles. The quantitative estimate of drug-likeness (QED) is 0.855. The smallest absolute Gasteiger partial charge is 0.227 e. The largest absolute Gasteiger partial charge is 0.324 e. The third kappa shape index (κ3) is 3.48. The Kier molecular flexibility index (Phi) is 4.96. The number of benzene rings is 1. The van der Waals surface area contributed by atoms with Crippen molar-refractivity contribution in [3.05, 3.63) is 46.7 Å². The minimum Gasteiger partial charge on any atom is -0.324 e. The van der Waals surface area contributed by atoms with Crippen LogP contribution < -0.4 is 5.32 Å². The monoisotopic (exact) mass is 289 g/mol. The lowest BCUT2D eigenvalue weighted by atomic mass is 10.2. The van der Waals surface area contributed by atoms with Crippen molar-refractivity contribution in [1.29, 1.82) is 0 Å². The Balaban J connectivity index is 0.000000704. The van der Waals surface area contributed by atoms with Gasteiger partial charge in [-0.2, -0.15) is 0 Å². The van der Waals surface area contributed by atoms with Gasteiger partial charge in [-0.25, -0.2) is 9.97 Å². The van der Waals surface area contributed by atoms with Crippen molar-refractivity contribution in [1.82, 2.24) is 9.97 Å². The molecule has 0 unspecified atom stereocenters. The SMILES string of the molecule is CC.Cc1nc(Nc2ccccc2)nc(C2CC2)c1Cl. The summed E-state index contributed by atoms with van der Waals surface area (Å²) in [5.41, 5.74) is 2.82. The van der Waals surface area contributed by atoms with E-state index in [0.29, 0.717) is 11.9 Å². The molecule has 20 heavy (non-hydrogen) atoms. The summed E-state index contributed by atoms with van der Waals surface area (Å²) >= 11 is 6.25. The first kappa shape index (κ1) is 14.8. The van der Waals surface area contributed by atoms with E-state index in [4.69, 9.17) is 11.6 Å². The second-order valence-electron chi connectivity index (χ2n) is 4.60. The van der Waals surface area contributed by atoms with Crippen LogP contribution in [0.4, 0.5) is 11.6 Å². The molecule has 1 aromatic carbocycles. The summed E-state index contributed by atoms with van der Waals surface area (Å²) < 4.78 is 0. The second kappa shape index (κ2) is 6.71. The zero-order chi connectivity index (χ0) is 14.5. The van der Waals surface area contributed by atoms with Crippen molar-refractivity contribution in [2.75, 3.05) is 5.32 Å². The average Bonchev–Trinajstić information content (AvgIpc) is 3.30. The fourth-order valence-electron chi connectivity index (χ4n) is 1.92. The van der Waals surface area contributed by atoms with Crippen molar-refractivity contribution >= 4 is 23.2 Å². The van der Waals surface area contributed by atoms with Crippen molar-refractivity contribution < 1.29 is 0 Å². The van der Waals surface area contributed by atoms with Gasteiger partial charge in [0.05, 0.1) is 16.4 Å². The molecule has 1 aliphatic rings. The molecule has 0 atom stereocenters. The normalized spacial score (nSPS) is 13.4. The molecule has 3 nitrogen and oxygen atoms in total. The fourth-order valence-corrected chi connectivity index (χ4v) is 2.15. The summed E-state index contributed by atoms with van der Waals surface area (Å²) in [7, 11) is 0. The van der Waals surface area contributed by atoms with Crippen LogP contribution in [0.5, 0.6) is 0 Å². The third-order valence-electron chi connectivity index (χ3n) is 3.04. The summed E-state index contributed by atoms with van der Waals surface area (Å²) in [5.74, 6) is 1.15. The number of anilines is 2. The lowest BCUT2D eigenvalue weighted by Gasteiger charge is -2.09. The summed E-state index contributed by atoms with van der Waals surface area (Å²) in [6, 6.07) is 9.92. The Morgan fingerprint density at radius 2 is 1.75 bits per heavy atom. The molecule has 1 N–H and O–H groups in total. The predicted molar refractivity (Wildman–Crippen MR) is 84.8 cm³/mol. The van der Waals surface area contributed by atoms with Gasteiger partial charge in [0, 0.05) is 11.6 Å². The number of hydrogen-bond donors (Lipinski definition) is 1. The zero-order valence-corrected chi connectivity index (χ0v) is 12.9. The lowest BCUT2D eigenvalue weighted by Crippen LogP contribution is -2.02. The van der Waals surface area contributed by atoms with Crippen LogP contribution in [0.15, 0.2) is 30.3 Å². The Morgan fingerprint density at radius 3 is 2.35 bits per heavy atom. The van der Waals surface area contributed by atoms with Gasteiger partial charge in [-0.05, 0) is 31.9 Å². The molecule has 106 valence electrons. The molecule has 1 heterocycles. The summed E-state index contributed by atoms with van der Waals surface area (Å²) in [5, 5.41) is 3.93. The molecule has 4 heteroatoms. The van der Waals surface area contributed by atoms with Gasteiger partial charge in [0.25, 0.3) is 0 Å². The molecule has 1 fully saturated rings. The maximum absolute atomic E-state index is 6.25. The highest BCUT2D eigenvalue weighted by Crippen LogP contribution is 2.43. The molecule has 3 rings (SSSR count). The van der Waals surface area contributed by atoms with Crippen LogP contribution >= 0.6 is 11.6 Å². The van der Waals surface area contributed by atoms with Crippen molar-refractivity contribution in [2.24, 2.45) is 0 Å². The molecule has 0 amide bonds. The van der Waals surface area contributed by atoms with E-state index >= 15 is 0 Å². The molecule has 0 spiro atoms. The number of nitrogens with one attached hydrogen (secondary N) is 1. The van der Waals surface area contributed by atoms with Crippen LogP contribution in [0.2, 0.25) is 5.02 Å². The Morgan fingerprint density at radius 1 is 1.10 bits per heavy atom. The zero-order valence-electron chi connectivity index (χ0n) is 12.2. The van der Waals surface area contributed by atoms with E-state index in [1.54, 1.807) is 0 Å². The lowest BCUT2D eigenvalue weighted by molar-refractivity contribution is 0.973. The van der Waals surface area contributed by atoms with E-state index in [1.165, 1.54) is 12.8 Å². The number of aromatic nitrogens is 2. The molecule has 0 saturated heterocycles. The maximum atomic E-state index is 6.25. The predicted octanol–water partition coefficient (Wildman–Crippen LogP) is 5.09. The van der Waals surface area contributed by atoms with E-state index in [-0.39, 0.29) is 0 Å². The van der Waals surface area contributed by atoms with Crippen molar-refractivity contribution in [3.63, 3.8) is 0 Å². The fraction of sp³-hybridized carbons (Fsp3) is 0.375. The van der Waals surface area contributed by atoms with E-state index in [9.17, 15) is 0 Å². The highest BCUT2D eigenvalue weighted by atomic mass is 35.5. The van der Waals surface area contributed by atoms with E-state index in [2.05, 4.69) is 15.3 Å². The van der Waals surface area contributed by atoms with Crippen molar-refractivity contribution in [3.8, 4) is 0 Å². The van der Waals surface area contributed by atoms with E-state index in [1.807, 2.05) is 51.1 Å². The topological polar surface area (TPSA) is 37.8 Å². The number of nitrogens with zero attached hydrogens (tertiary/aromatic N) is 2. The van der Waals surface area contributed by atoms with Crippen molar-refractivity contribution in [2.45, 2.75) is 39.5 Å². The van der Waals surface area contributed by atoms with Crippen LogP contribution in [-0.2, 0) is 0 Å². The molecule has 2 aromatic rings. The standard InChI is InChI=1S/C14H14ClN3.C2H6/c1-9-12(15)13(10-7-8-10)18-14(16-9)17-11-5-3-2-4-6-11;1-2/h2-6,10H,7-8H2,1H3,(H,16,17,18);1-2H3. The first-order chi connectivity index (χ1) is 9.74. The highest BCUT2D eigenvalue weighted by molar-refractivity contribution is 6.31. The Labute approximate surface area is 125 Å². The van der Waals surface area contributed by atoms with Crippen LogP contribution in [-0.4, -0.2) is 9.97 Å². The summed E-state index contributed by atoms with van der Waals surface area (Å²) in [4.78, 5) is 8.92. The molecule has 0 bridgehead atoms. The van der Waals surface area contributed by atoms with Gasteiger partial charge >= 0.3 is 0 Å². The van der Waals surface area contributed by atoms with E-state index in [0.717, 1.165) is 22.1 Å². The molecule has 1 aromatic heterocycles. The third-order valence-corrected chi connectivity index (χ3v) is 3.50. The molecule has 1 aliphatic carbocycles. The molecular weight excluding hydrogens is 270 g/mol. The number of para-hydroxylation sites is 1. The summed E-state index contributed by atoms with van der Waals surface area (Å²) in [6.45, 7) is 5.92. The molecular formula is C16H20ClN3. The van der Waals surface area contributed by atoms with Crippen LogP contribution in [0.1, 0.15) is 44.0 Å². The number of halogens is 1. The highest BCUT2D eigenvalue weighted by Gasteiger charge is 2.28. The van der Waals surface area contributed by atoms with Gasteiger partial charge in [-0.15, -0.1) is 0 Å². The number of aryl methyl sites for hydroxylation is 1.